The van der Waals surface area contributed by atoms with Crippen LogP contribution in [0.2, 0.25) is 0 Å². The van der Waals surface area contributed by atoms with Gasteiger partial charge in [0.2, 0.25) is 5.91 Å². The van der Waals surface area contributed by atoms with E-state index in [0.717, 1.165) is 58.2 Å². The molecule has 1 amide bonds. The maximum absolute atomic E-state index is 12.5. The third-order valence-electron chi connectivity index (χ3n) is 4.86. The molecule has 24 heavy (non-hydrogen) atoms. The van der Waals surface area contributed by atoms with Gasteiger partial charge in [0.1, 0.15) is 5.54 Å². The quantitative estimate of drug-likeness (QED) is 0.823. The Morgan fingerprint density at radius 2 is 2.29 bits per heavy atom. The van der Waals surface area contributed by atoms with Crippen LogP contribution in [0.15, 0.2) is 17.5 Å². The number of amides is 1. The van der Waals surface area contributed by atoms with E-state index in [0.29, 0.717) is 6.54 Å². The molecule has 0 radical (unpaired) electrons. The average Bonchev–Trinajstić information content (AvgIpc) is 3.29. The molecule has 1 saturated heterocycles. The van der Waals surface area contributed by atoms with Crippen molar-refractivity contribution in [3.05, 3.63) is 22.4 Å². The first-order chi connectivity index (χ1) is 11.7. The van der Waals surface area contributed by atoms with Crippen LogP contribution in [0.4, 0.5) is 0 Å². The normalized spacial score (nSPS) is 22.6. The Balaban J connectivity index is 1.59. The molecule has 0 aromatic carbocycles. The number of carbonyl (C=O) groups is 1. The van der Waals surface area contributed by atoms with Gasteiger partial charge in [-0.05, 0) is 50.0 Å². The van der Waals surface area contributed by atoms with Gasteiger partial charge in [-0.15, -0.1) is 11.3 Å². The second-order valence-corrected chi connectivity index (χ2v) is 7.87. The van der Waals surface area contributed by atoms with E-state index < -0.39 is 5.54 Å². The predicted molar refractivity (Wildman–Crippen MR) is 93.5 cm³/mol. The highest BCUT2D eigenvalue weighted by Crippen LogP contribution is 2.28. The topological polar surface area (TPSA) is 65.4 Å². The SMILES string of the molecule is N#CC1(NC(=O)CN(Cc2cccs2)C[C@H]2CCCO2)CCCC1. The highest BCUT2D eigenvalue weighted by atomic mass is 32.1. The monoisotopic (exact) mass is 347 g/mol. The summed E-state index contributed by atoms with van der Waals surface area (Å²) in [6, 6.07) is 6.46. The van der Waals surface area contributed by atoms with E-state index in [1.165, 1.54) is 4.88 Å². The molecule has 1 N–H and O–H groups in total. The lowest BCUT2D eigenvalue weighted by Gasteiger charge is -2.27. The van der Waals surface area contributed by atoms with Gasteiger partial charge >= 0.3 is 0 Å². The molecule has 6 heteroatoms. The first-order valence-corrected chi connectivity index (χ1v) is 9.66. The number of nitrogens with zero attached hydrogens (tertiary/aromatic N) is 2. The Hall–Kier alpha value is -1.42. The molecule has 1 aromatic heterocycles. The van der Waals surface area contributed by atoms with Crippen molar-refractivity contribution in [2.45, 2.75) is 56.7 Å². The lowest BCUT2D eigenvalue weighted by Crippen LogP contribution is -2.49. The number of thiophene rings is 1. The van der Waals surface area contributed by atoms with Crippen molar-refractivity contribution in [1.82, 2.24) is 10.2 Å². The smallest absolute Gasteiger partial charge is 0.235 e. The first-order valence-electron chi connectivity index (χ1n) is 8.78. The van der Waals surface area contributed by atoms with Gasteiger partial charge in [-0.1, -0.05) is 6.07 Å². The molecule has 0 bridgehead atoms. The molecular weight excluding hydrogens is 322 g/mol. The van der Waals surface area contributed by atoms with Crippen LogP contribution in [-0.2, 0) is 16.1 Å². The van der Waals surface area contributed by atoms with Crippen LogP contribution in [0.1, 0.15) is 43.4 Å². The number of nitrogens with one attached hydrogen (secondary N) is 1. The second-order valence-electron chi connectivity index (χ2n) is 6.83. The minimum Gasteiger partial charge on any atom is -0.377 e. The third kappa shape index (κ3) is 4.56. The molecule has 5 nitrogen and oxygen atoms in total. The van der Waals surface area contributed by atoms with Crippen molar-refractivity contribution in [1.29, 1.82) is 5.26 Å². The lowest BCUT2D eigenvalue weighted by atomic mass is 10.00. The van der Waals surface area contributed by atoms with Crippen LogP contribution < -0.4 is 5.32 Å². The maximum Gasteiger partial charge on any atom is 0.235 e. The van der Waals surface area contributed by atoms with E-state index in [2.05, 4.69) is 27.7 Å². The standard InChI is InChI=1S/C18H25N3O2S/c19-14-18(7-1-2-8-18)20-17(22)13-21(11-15-5-3-9-23-15)12-16-6-4-10-24-16/h4,6,10,15H,1-3,5,7-9,11-13H2,(H,20,22)/t15-/m1/s1. The fourth-order valence-corrected chi connectivity index (χ4v) is 4.38. The van der Waals surface area contributed by atoms with Crippen LogP contribution >= 0.6 is 11.3 Å². The summed E-state index contributed by atoms with van der Waals surface area (Å²) in [6.45, 7) is 2.66. The summed E-state index contributed by atoms with van der Waals surface area (Å²) < 4.78 is 5.74. The summed E-state index contributed by atoms with van der Waals surface area (Å²) in [5.41, 5.74) is -0.643. The van der Waals surface area contributed by atoms with Gasteiger partial charge in [-0.3, -0.25) is 9.69 Å². The number of rotatable bonds is 7. The molecule has 130 valence electrons. The summed E-state index contributed by atoms with van der Waals surface area (Å²) in [4.78, 5) is 15.9. The molecule has 1 aromatic rings. The Morgan fingerprint density at radius 3 is 2.92 bits per heavy atom. The van der Waals surface area contributed by atoms with Crippen molar-refractivity contribution < 1.29 is 9.53 Å². The minimum atomic E-state index is -0.643. The molecule has 1 aliphatic carbocycles. The molecule has 0 spiro atoms. The third-order valence-corrected chi connectivity index (χ3v) is 5.72. The number of hydrogen-bond acceptors (Lipinski definition) is 5. The van der Waals surface area contributed by atoms with E-state index in [1.54, 1.807) is 11.3 Å². The first kappa shape index (κ1) is 17.4. The fourth-order valence-electron chi connectivity index (χ4n) is 3.64. The van der Waals surface area contributed by atoms with Crippen LogP contribution in [0.3, 0.4) is 0 Å². The zero-order valence-electron chi connectivity index (χ0n) is 14.0. The largest absolute Gasteiger partial charge is 0.377 e. The zero-order chi connectivity index (χ0) is 16.8. The molecule has 2 heterocycles. The Bertz CT molecular complexity index is 570. The second kappa shape index (κ2) is 8.11. The van der Waals surface area contributed by atoms with E-state index in [4.69, 9.17) is 4.74 Å². The van der Waals surface area contributed by atoms with Gasteiger partial charge in [-0.2, -0.15) is 5.26 Å². The van der Waals surface area contributed by atoms with Gasteiger partial charge < -0.3 is 10.1 Å². The molecule has 0 unspecified atom stereocenters. The van der Waals surface area contributed by atoms with Crippen LogP contribution in [-0.4, -0.2) is 42.1 Å². The molecule has 1 aliphatic heterocycles. The summed E-state index contributed by atoms with van der Waals surface area (Å²) >= 11 is 1.71. The molecule has 3 rings (SSSR count). The lowest BCUT2D eigenvalue weighted by molar-refractivity contribution is -0.124. The van der Waals surface area contributed by atoms with Crippen molar-refractivity contribution in [2.24, 2.45) is 0 Å². The molecular formula is C18H25N3O2S. The van der Waals surface area contributed by atoms with Crippen LogP contribution in [0.25, 0.3) is 0 Å². The van der Waals surface area contributed by atoms with Gasteiger partial charge in [0.15, 0.2) is 0 Å². The Morgan fingerprint density at radius 1 is 1.46 bits per heavy atom. The highest BCUT2D eigenvalue weighted by Gasteiger charge is 2.35. The van der Waals surface area contributed by atoms with Gasteiger partial charge in [0.05, 0.1) is 18.7 Å². The minimum absolute atomic E-state index is 0.0481. The maximum atomic E-state index is 12.5. The fraction of sp³-hybridized carbons (Fsp3) is 0.667. The molecule has 2 aliphatic rings. The zero-order valence-corrected chi connectivity index (χ0v) is 14.8. The highest BCUT2D eigenvalue weighted by molar-refractivity contribution is 7.09. The van der Waals surface area contributed by atoms with Gasteiger partial charge in [-0.25, -0.2) is 0 Å². The average molecular weight is 347 g/mol. The van der Waals surface area contributed by atoms with Gasteiger partial charge in [0.25, 0.3) is 0 Å². The van der Waals surface area contributed by atoms with E-state index in [-0.39, 0.29) is 12.0 Å². The summed E-state index contributed by atoms with van der Waals surface area (Å²) in [7, 11) is 0. The molecule has 1 atom stereocenters. The van der Waals surface area contributed by atoms with Gasteiger partial charge in [0, 0.05) is 24.6 Å². The number of hydrogen-bond donors (Lipinski definition) is 1. The summed E-state index contributed by atoms with van der Waals surface area (Å²) in [5, 5.41) is 14.5. The number of nitriles is 1. The van der Waals surface area contributed by atoms with Crippen molar-refractivity contribution >= 4 is 17.2 Å². The van der Waals surface area contributed by atoms with Crippen molar-refractivity contribution in [3.8, 4) is 6.07 Å². The number of ether oxygens (including phenoxy) is 1. The van der Waals surface area contributed by atoms with E-state index in [9.17, 15) is 10.1 Å². The summed E-state index contributed by atoms with van der Waals surface area (Å²) in [6.07, 6.45) is 5.95. The van der Waals surface area contributed by atoms with E-state index in [1.807, 2.05) is 6.07 Å². The predicted octanol–water partition coefficient (Wildman–Crippen LogP) is 2.68. The Kier molecular flexibility index (Phi) is 5.88. The van der Waals surface area contributed by atoms with Crippen molar-refractivity contribution in [2.75, 3.05) is 19.7 Å². The van der Waals surface area contributed by atoms with Crippen LogP contribution in [0, 0.1) is 11.3 Å². The molecule has 1 saturated carbocycles. The summed E-state index contributed by atoms with van der Waals surface area (Å²) in [5.74, 6) is -0.0481. The van der Waals surface area contributed by atoms with Crippen molar-refractivity contribution in [3.63, 3.8) is 0 Å². The number of carbonyl (C=O) groups excluding carboxylic acids is 1. The van der Waals surface area contributed by atoms with Crippen LogP contribution in [0.5, 0.6) is 0 Å². The van der Waals surface area contributed by atoms with E-state index >= 15 is 0 Å². The molecule has 2 fully saturated rings. The Labute approximate surface area is 147 Å².